The molecule has 0 fully saturated rings. The Kier molecular flexibility index (Phi) is 3.88. The Hall–Kier alpha value is -1.96. The summed E-state index contributed by atoms with van der Waals surface area (Å²) in [5.74, 6) is 0.465. The van der Waals surface area contributed by atoms with E-state index in [9.17, 15) is 0 Å². The summed E-state index contributed by atoms with van der Waals surface area (Å²) in [4.78, 5) is 0. The molecule has 1 atom stereocenters. The molecule has 0 heterocycles. The van der Waals surface area contributed by atoms with Crippen LogP contribution in [0.3, 0.4) is 0 Å². The molecule has 0 spiro atoms. The predicted molar refractivity (Wildman–Crippen MR) is 78.9 cm³/mol. The van der Waals surface area contributed by atoms with Crippen LogP contribution in [0.5, 0.6) is 0 Å². The van der Waals surface area contributed by atoms with Gasteiger partial charge in [0.25, 0.3) is 0 Å². The van der Waals surface area contributed by atoms with E-state index in [4.69, 9.17) is 5.73 Å². The number of benzene rings is 2. The lowest BCUT2D eigenvalue weighted by atomic mass is 10.0. The number of hydrogen-bond acceptors (Lipinski definition) is 2. The van der Waals surface area contributed by atoms with Crippen LogP contribution >= 0.6 is 0 Å². The molecule has 0 saturated carbocycles. The van der Waals surface area contributed by atoms with Crippen LogP contribution < -0.4 is 11.1 Å². The number of aryl methyl sites for hydroxylation is 1. The summed E-state index contributed by atoms with van der Waals surface area (Å²) in [5.41, 5.74) is 10.3. The molecule has 2 heteroatoms. The zero-order chi connectivity index (χ0) is 13.0. The summed E-state index contributed by atoms with van der Waals surface area (Å²) in [6.07, 6.45) is 0. The zero-order valence-electron chi connectivity index (χ0n) is 11.0. The highest BCUT2D eigenvalue weighted by Gasteiger charge is 2.05. The van der Waals surface area contributed by atoms with Gasteiger partial charge < -0.3 is 11.1 Å². The van der Waals surface area contributed by atoms with E-state index in [0.717, 1.165) is 17.9 Å². The maximum Gasteiger partial charge on any atom is 0.0574 e. The number of nitrogens with two attached hydrogens (primary N) is 1. The molecule has 0 aliphatic carbocycles. The van der Waals surface area contributed by atoms with E-state index in [1.165, 1.54) is 11.1 Å². The van der Waals surface area contributed by atoms with Crippen molar-refractivity contribution in [3.05, 3.63) is 59.7 Å². The van der Waals surface area contributed by atoms with Crippen molar-refractivity contribution in [3.8, 4) is 0 Å². The lowest BCUT2D eigenvalue weighted by Crippen LogP contribution is -2.11. The molecular weight excluding hydrogens is 220 g/mol. The molecule has 0 aliphatic rings. The number of nitrogen functional groups attached to an aromatic ring is 1. The summed E-state index contributed by atoms with van der Waals surface area (Å²) in [6.45, 7) is 5.15. The van der Waals surface area contributed by atoms with Crippen molar-refractivity contribution in [1.82, 2.24) is 0 Å². The highest BCUT2D eigenvalue weighted by Crippen LogP contribution is 2.21. The van der Waals surface area contributed by atoms with Crippen molar-refractivity contribution in [2.24, 2.45) is 0 Å². The molecule has 1 unspecified atom stereocenters. The van der Waals surface area contributed by atoms with E-state index in [-0.39, 0.29) is 0 Å². The van der Waals surface area contributed by atoms with Gasteiger partial charge in [-0.05, 0) is 36.1 Å². The molecule has 2 aromatic rings. The smallest absolute Gasteiger partial charge is 0.0574 e. The van der Waals surface area contributed by atoms with E-state index >= 15 is 0 Å². The fraction of sp³-hybridized carbons (Fsp3) is 0.250. The summed E-state index contributed by atoms with van der Waals surface area (Å²) < 4.78 is 0. The van der Waals surface area contributed by atoms with E-state index in [2.05, 4.69) is 42.6 Å². The molecular formula is C16H20N2. The summed E-state index contributed by atoms with van der Waals surface area (Å²) in [7, 11) is 0. The van der Waals surface area contributed by atoms with E-state index < -0.39 is 0 Å². The Morgan fingerprint density at radius 1 is 1.11 bits per heavy atom. The first-order valence-corrected chi connectivity index (χ1v) is 6.32. The topological polar surface area (TPSA) is 38.0 Å². The SMILES string of the molecule is Cc1ccc(NCC(C)c2ccccc2)c(N)c1. The molecule has 2 nitrogen and oxygen atoms in total. The predicted octanol–water partition coefficient (Wildman–Crippen LogP) is 3.79. The van der Waals surface area contributed by atoms with E-state index in [1.54, 1.807) is 0 Å². The summed E-state index contributed by atoms with van der Waals surface area (Å²) in [5, 5.41) is 3.41. The lowest BCUT2D eigenvalue weighted by Gasteiger charge is -2.15. The molecule has 3 N–H and O–H groups in total. The third-order valence-corrected chi connectivity index (χ3v) is 3.17. The van der Waals surface area contributed by atoms with Crippen molar-refractivity contribution >= 4 is 11.4 Å². The van der Waals surface area contributed by atoms with Crippen molar-refractivity contribution in [2.45, 2.75) is 19.8 Å². The Morgan fingerprint density at radius 3 is 2.50 bits per heavy atom. The summed E-state index contributed by atoms with van der Waals surface area (Å²) in [6, 6.07) is 16.6. The number of rotatable bonds is 4. The third-order valence-electron chi connectivity index (χ3n) is 3.17. The van der Waals surface area contributed by atoms with Gasteiger partial charge in [-0.1, -0.05) is 43.3 Å². The van der Waals surface area contributed by atoms with Crippen LogP contribution in [0.2, 0.25) is 0 Å². The van der Waals surface area contributed by atoms with Crippen molar-refractivity contribution < 1.29 is 0 Å². The minimum Gasteiger partial charge on any atom is -0.397 e. The first-order chi connectivity index (χ1) is 8.66. The molecule has 18 heavy (non-hydrogen) atoms. The average molecular weight is 240 g/mol. The molecule has 2 aromatic carbocycles. The Morgan fingerprint density at radius 2 is 1.83 bits per heavy atom. The maximum absolute atomic E-state index is 5.98. The minimum atomic E-state index is 0.465. The molecule has 0 aliphatic heterocycles. The van der Waals surface area contributed by atoms with Gasteiger partial charge in [0.05, 0.1) is 11.4 Å². The largest absolute Gasteiger partial charge is 0.397 e. The minimum absolute atomic E-state index is 0.465. The lowest BCUT2D eigenvalue weighted by molar-refractivity contribution is 0.805. The van der Waals surface area contributed by atoms with Gasteiger partial charge >= 0.3 is 0 Å². The van der Waals surface area contributed by atoms with Gasteiger partial charge in [-0.15, -0.1) is 0 Å². The van der Waals surface area contributed by atoms with E-state index in [1.807, 2.05) is 25.1 Å². The fourth-order valence-corrected chi connectivity index (χ4v) is 2.01. The van der Waals surface area contributed by atoms with Gasteiger partial charge in [-0.25, -0.2) is 0 Å². The van der Waals surface area contributed by atoms with Crippen LogP contribution in [-0.4, -0.2) is 6.54 Å². The van der Waals surface area contributed by atoms with Crippen LogP contribution in [0.25, 0.3) is 0 Å². The molecule has 94 valence electrons. The normalized spacial score (nSPS) is 12.1. The van der Waals surface area contributed by atoms with Crippen LogP contribution in [-0.2, 0) is 0 Å². The van der Waals surface area contributed by atoms with Crippen LogP contribution in [0.4, 0.5) is 11.4 Å². The van der Waals surface area contributed by atoms with Gasteiger partial charge in [0.1, 0.15) is 0 Å². The third kappa shape index (κ3) is 3.04. The van der Waals surface area contributed by atoms with Crippen LogP contribution in [0, 0.1) is 6.92 Å². The van der Waals surface area contributed by atoms with Gasteiger partial charge in [0.2, 0.25) is 0 Å². The Labute approximate surface area is 109 Å². The van der Waals surface area contributed by atoms with Gasteiger partial charge in [0, 0.05) is 6.54 Å². The highest BCUT2D eigenvalue weighted by atomic mass is 14.9. The second-order valence-electron chi connectivity index (χ2n) is 4.78. The number of hydrogen-bond donors (Lipinski definition) is 2. The van der Waals surface area contributed by atoms with Crippen LogP contribution in [0.1, 0.15) is 24.0 Å². The Bertz CT molecular complexity index is 506. The maximum atomic E-state index is 5.98. The van der Waals surface area contributed by atoms with E-state index in [0.29, 0.717) is 5.92 Å². The number of nitrogens with one attached hydrogen (secondary N) is 1. The molecule has 2 rings (SSSR count). The average Bonchev–Trinajstić information content (AvgIpc) is 2.38. The Balaban J connectivity index is 1.99. The molecule has 0 aromatic heterocycles. The first-order valence-electron chi connectivity index (χ1n) is 6.32. The van der Waals surface area contributed by atoms with Crippen LogP contribution in [0.15, 0.2) is 48.5 Å². The van der Waals surface area contributed by atoms with Gasteiger partial charge in [-0.3, -0.25) is 0 Å². The summed E-state index contributed by atoms with van der Waals surface area (Å²) >= 11 is 0. The highest BCUT2D eigenvalue weighted by molar-refractivity contribution is 5.66. The number of anilines is 2. The quantitative estimate of drug-likeness (QED) is 0.798. The van der Waals surface area contributed by atoms with Crippen molar-refractivity contribution in [3.63, 3.8) is 0 Å². The monoisotopic (exact) mass is 240 g/mol. The van der Waals surface area contributed by atoms with Crippen molar-refractivity contribution in [2.75, 3.05) is 17.6 Å². The standard InChI is InChI=1S/C16H20N2/c1-12-8-9-16(15(17)10-12)18-11-13(2)14-6-4-3-5-7-14/h3-10,13,18H,11,17H2,1-2H3. The second-order valence-corrected chi connectivity index (χ2v) is 4.78. The molecule has 0 amide bonds. The van der Waals surface area contributed by atoms with Gasteiger partial charge in [0.15, 0.2) is 0 Å². The molecule has 0 saturated heterocycles. The molecule has 0 bridgehead atoms. The first kappa shape index (κ1) is 12.5. The second kappa shape index (κ2) is 5.58. The molecule has 0 radical (unpaired) electrons. The van der Waals surface area contributed by atoms with Crippen molar-refractivity contribution in [1.29, 1.82) is 0 Å². The fourth-order valence-electron chi connectivity index (χ4n) is 2.01. The van der Waals surface area contributed by atoms with Gasteiger partial charge in [-0.2, -0.15) is 0 Å². The zero-order valence-corrected chi connectivity index (χ0v) is 11.0.